The first-order valence-electron chi connectivity index (χ1n) is 17.9. The molecular weight excluding hydrogens is 658 g/mol. The van der Waals surface area contributed by atoms with Crippen molar-refractivity contribution < 1.29 is 19.5 Å². The van der Waals surface area contributed by atoms with E-state index in [4.69, 9.17) is 4.98 Å². The summed E-state index contributed by atoms with van der Waals surface area (Å²) >= 11 is 0. The van der Waals surface area contributed by atoms with E-state index in [0.29, 0.717) is 12.6 Å². The number of hydrogen-bond donors (Lipinski definition) is 2. The van der Waals surface area contributed by atoms with Gasteiger partial charge in [0.25, 0.3) is 0 Å². The maximum atomic E-state index is 14.4. The number of nitrogens with one attached hydrogen (secondary N) is 1. The fourth-order valence-corrected chi connectivity index (χ4v) is 7.68. The van der Waals surface area contributed by atoms with E-state index in [2.05, 4.69) is 40.2 Å². The Labute approximate surface area is 305 Å². The van der Waals surface area contributed by atoms with Crippen molar-refractivity contribution in [2.45, 2.75) is 37.8 Å². The number of phenols is 1. The van der Waals surface area contributed by atoms with Gasteiger partial charge in [-0.25, -0.2) is 19.8 Å². The molecule has 4 aliphatic heterocycles. The Morgan fingerprint density at radius 2 is 1.73 bits per heavy atom. The summed E-state index contributed by atoms with van der Waals surface area (Å²) in [5.74, 6) is 0.504. The number of amides is 4. The number of piperazine rings is 2. The SMILES string of the molecule is C=CCN1CC(=O)N2C(CN(Cc3cccc(N4CC(N5CCN(C)CC5=C)C4)n3)C(=O)[C@@H]2Cc2ccc(O)cc2)N1C(=O)NCc1ccccc1. The van der Waals surface area contributed by atoms with Gasteiger partial charge in [-0.1, -0.05) is 61.2 Å². The van der Waals surface area contributed by atoms with Crippen LogP contribution in [0.15, 0.2) is 97.7 Å². The first-order valence-corrected chi connectivity index (χ1v) is 17.9. The van der Waals surface area contributed by atoms with Crippen LogP contribution in [0, 0.1) is 0 Å². The zero-order valence-electron chi connectivity index (χ0n) is 29.7. The molecule has 2 N–H and O–H groups in total. The molecule has 0 spiro atoms. The average Bonchev–Trinajstić information content (AvgIpc) is 3.11. The van der Waals surface area contributed by atoms with E-state index in [1.165, 1.54) is 0 Å². The summed E-state index contributed by atoms with van der Waals surface area (Å²) in [5.41, 5.74) is 3.60. The van der Waals surface area contributed by atoms with Crippen LogP contribution in [0.25, 0.3) is 0 Å². The van der Waals surface area contributed by atoms with Crippen molar-refractivity contribution >= 4 is 23.7 Å². The van der Waals surface area contributed by atoms with E-state index in [-0.39, 0.29) is 56.2 Å². The van der Waals surface area contributed by atoms with E-state index in [1.807, 2.05) is 48.5 Å². The third kappa shape index (κ3) is 7.32. The van der Waals surface area contributed by atoms with Gasteiger partial charge in [-0.15, -0.1) is 6.58 Å². The highest BCUT2D eigenvalue weighted by Crippen LogP contribution is 2.31. The van der Waals surface area contributed by atoms with Crippen LogP contribution in [0.5, 0.6) is 5.75 Å². The molecule has 2 atom stereocenters. The van der Waals surface area contributed by atoms with Gasteiger partial charge in [0.15, 0.2) is 0 Å². The number of hydrogen-bond acceptors (Lipinski definition) is 9. The molecule has 4 aliphatic rings. The van der Waals surface area contributed by atoms with Crippen molar-refractivity contribution in [1.82, 2.24) is 39.9 Å². The highest BCUT2D eigenvalue weighted by molar-refractivity contribution is 5.91. The third-order valence-electron chi connectivity index (χ3n) is 10.4. The van der Waals surface area contributed by atoms with E-state index in [9.17, 15) is 19.5 Å². The zero-order chi connectivity index (χ0) is 36.4. The number of anilines is 1. The number of likely N-dealkylation sites (N-methyl/N-ethyl adjacent to an activating group) is 1. The lowest BCUT2D eigenvalue weighted by molar-refractivity contribution is -0.189. The quantitative estimate of drug-likeness (QED) is 0.307. The Hall–Kier alpha value is -5.40. The van der Waals surface area contributed by atoms with Gasteiger partial charge in [0.05, 0.1) is 31.4 Å². The molecule has 7 rings (SSSR count). The zero-order valence-corrected chi connectivity index (χ0v) is 29.7. The summed E-state index contributed by atoms with van der Waals surface area (Å²) in [6.07, 6.45) is 1.11. The van der Waals surface area contributed by atoms with Crippen LogP contribution in [0.3, 0.4) is 0 Å². The maximum Gasteiger partial charge on any atom is 0.334 e. The van der Waals surface area contributed by atoms with E-state index >= 15 is 0 Å². The van der Waals surface area contributed by atoms with E-state index in [0.717, 1.165) is 61.1 Å². The van der Waals surface area contributed by atoms with Gasteiger partial charge in [-0.2, -0.15) is 0 Å². The predicted molar refractivity (Wildman–Crippen MR) is 198 cm³/mol. The second-order valence-corrected chi connectivity index (χ2v) is 14.1. The number of carbonyl (C=O) groups is 3. The molecule has 0 saturated carbocycles. The van der Waals surface area contributed by atoms with Crippen molar-refractivity contribution in [3.63, 3.8) is 0 Å². The summed E-state index contributed by atoms with van der Waals surface area (Å²) in [6.45, 7) is 13.5. The van der Waals surface area contributed by atoms with Gasteiger partial charge in [0, 0.05) is 57.9 Å². The summed E-state index contributed by atoms with van der Waals surface area (Å²) in [4.78, 5) is 57.6. The van der Waals surface area contributed by atoms with E-state index in [1.54, 1.807) is 50.2 Å². The number of aromatic nitrogens is 1. The maximum absolute atomic E-state index is 14.4. The molecule has 4 fully saturated rings. The number of fused-ring (bicyclic) bond motifs is 1. The molecule has 1 unspecified atom stereocenters. The monoisotopic (exact) mass is 705 g/mol. The van der Waals surface area contributed by atoms with Crippen molar-refractivity contribution in [1.29, 1.82) is 0 Å². The van der Waals surface area contributed by atoms with Crippen molar-refractivity contribution in [2.75, 3.05) is 64.3 Å². The number of rotatable bonds is 10. The molecule has 272 valence electrons. The predicted octanol–water partition coefficient (Wildman–Crippen LogP) is 2.47. The van der Waals surface area contributed by atoms with Crippen molar-refractivity contribution in [3.8, 4) is 5.75 Å². The Kier molecular flexibility index (Phi) is 10.1. The molecule has 3 aromatic rings. The molecule has 13 heteroatoms. The third-order valence-corrected chi connectivity index (χ3v) is 10.4. The lowest BCUT2D eigenvalue weighted by atomic mass is 9.98. The topological polar surface area (TPSA) is 119 Å². The average molecular weight is 706 g/mol. The summed E-state index contributed by atoms with van der Waals surface area (Å²) in [7, 11) is 2.12. The molecule has 0 aliphatic carbocycles. The van der Waals surface area contributed by atoms with Crippen LogP contribution < -0.4 is 10.2 Å². The minimum atomic E-state index is -0.873. The number of urea groups is 1. The highest BCUT2D eigenvalue weighted by atomic mass is 16.3. The van der Waals surface area contributed by atoms with Gasteiger partial charge in [0.2, 0.25) is 11.8 Å². The second-order valence-electron chi connectivity index (χ2n) is 14.1. The van der Waals surface area contributed by atoms with E-state index < -0.39 is 12.2 Å². The summed E-state index contributed by atoms with van der Waals surface area (Å²) in [5, 5.41) is 16.2. The molecule has 5 heterocycles. The Morgan fingerprint density at radius 1 is 0.962 bits per heavy atom. The number of hydrazine groups is 1. The molecule has 52 heavy (non-hydrogen) atoms. The second kappa shape index (κ2) is 15.1. The molecule has 4 saturated heterocycles. The number of aromatic hydroxyl groups is 1. The number of pyridine rings is 1. The Bertz CT molecular complexity index is 1800. The molecule has 0 bridgehead atoms. The lowest BCUT2D eigenvalue weighted by Gasteiger charge is -2.55. The van der Waals surface area contributed by atoms with Gasteiger partial charge < -0.3 is 30.0 Å². The lowest BCUT2D eigenvalue weighted by Crippen LogP contribution is -2.76. The molecule has 2 aromatic carbocycles. The van der Waals surface area contributed by atoms with Gasteiger partial charge in [-0.05, 0) is 42.4 Å². The standard InChI is InChI=1S/C39H47N9O4/c1-4-17-45-27-37(50)47-34(20-29-13-15-33(49)16-14-29)38(51)44(26-36(47)48(45)39(52)40-21-30-9-6-5-7-10-30)23-31-11-8-12-35(41-31)43-24-32(25-43)46-19-18-42(3)22-28(46)2/h4-16,32,34,36,49H,1-2,17-27H2,3H3,(H,40,52)/t34-,36?/m0/s1. The minimum Gasteiger partial charge on any atom is -0.508 e. The van der Waals surface area contributed by atoms with Crippen molar-refractivity contribution in [2.24, 2.45) is 0 Å². The Balaban J connectivity index is 1.14. The van der Waals surface area contributed by atoms with Crippen LogP contribution in [-0.2, 0) is 29.1 Å². The number of carbonyl (C=O) groups excluding carboxylic acids is 3. The first kappa shape index (κ1) is 35.0. The number of phenolic OH excluding ortho intramolecular Hbond substituents is 1. The molecular formula is C39H47N9O4. The number of benzene rings is 2. The van der Waals surface area contributed by atoms with Gasteiger partial charge in [-0.3, -0.25) is 14.5 Å². The summed E-state index contributed by atoms with van der Waals surface area (Å²) < 4.78 is 0. The van der Waals surface area contributed by atoms with Crippen LogP contribution in [-0.4, -0.2) is 135 Å². The van der Waals surface area contributed by atoms with Crippen LogP contribution >= 0.6 is 0 Å². The molecule has 13 nitrogen and oxygen atoms in total. The smallest absolute Gasteiger partial charge is 0.334 e. The minimum absolute atomic E-state index is 0.0808. The first-order chi connectivity index (χ1) is 25.2. The molecule has 0 radical (unpaired) electrons. The van der Waals surface area contributed by atoms with Crippen molar-refractivity contribution in [3.05, 3.63) is 115 Å². The molecule has 4 amide bonds. The van der Waals surface area contributed by atoms with Crippen LogP contribution in [0.1, 0.15) is 16.8 Å². The fourth-order valence-electron chi connectivity index (χ4n) is 7.68. The fraction of sp³-hybridized carbons (Fsp3) is 0.385. The molecule has 1 aromatic heterocycles. The van der Waals surface area contributed by atoms with Gasteiger partial charge >= 0.3 is 6.03 Å². The Morgan fingerprint density at radius 3 is 2.46 bits per heavy atom. The largest absolute Gasteiger partial charge is 0.508 e. The normalized spacial score (nSPS) is 21.6. The summed E-state index contributed by atoms with van der Waals surface area (Å²) in [6, 6.07) is 21.3. The van der Waals surface area contributed by atoms with Crippen LogP contribution in [0.2, 0.25) is 0 Å². The van der Waals surface area contributed by atoms with Crippen LogP contribution in [0.4, 0.5) is 10.6 Å². The number of nitrogens with zero attached hydrogens (tertiary/aromatic N) is 8. The highest BCUT2D eigenvalue weighted by Gasteiger charge is 2.51. The van der Waals surface area contributed by atoms with Gasteiger partial charge in [0.1, 0.15) is 23.8 Å².